The number of aliphatic hydroxyl groups is 1. The number of esters is 1. The van der Waals surface area contributed by atoms with Gasteiger partial charge >= 0.3 is 5.97 Å². The van der Waals surface area contributed by atoms with E-state index in [0.717, 1.165) is 38.0 Å². The number of allylic oxidation sites excluding steroid dienone is 4. The number of rotatable bonds is 7. The zero-order valence-corrected chi connectivity index (χ0v) is 21.2. The molecule has 0 saturated heterocycles. The van der Waals surface area contributed by atoms with E-state index >= 15 is 0 Å². The van der Waals surface area contributed by atoms with E-state index in [2.05, 4.69) is 32.6 Å². The summed E-state index contributed by atoms with van der Waals surface area (Å²) < 4.78 is 5.48. The van der Waals surface area contributed by atoms with E-state index in [-0.39, 0.29) is 12.1 Å². The fourth-order valence-corrected chi connectivity index (χ4v) is 6.99. The highest BCUT2D eigenvalue weighted by atomic mass is 16.5. The number of carbonyl (C=O) groups excluding carboxylic acids is 1. The SMILES string of the molecule is C=C1CC[C@H](OC(C)=O)C/C1=C/C=C1\CCC[C@]2(C)[C@@H]([C@H](C)CCCC(C)(C)O)CC[C@@H]12. The first-order chi connectivity index (χ1) is 15.0. The molecule has 180 valence electrons. The lowest BCUT2D eigenvalue weighted by Crippen LogP contribution is -2.36. The average molecular weight is 443 g/mol. The van der Waals surface area contributed by atoms with Crippen molar-refractivity contribution in [3.63, 3.8) is 0 Å². The third-order valence-electron chi connectivity index (χ3n) is 8.67. The summed E-state index contributed by atoms with van der Waals surface area (Å²) in [6, 6.07) is 0. The van der Waals surface area contributed by atoms with Gasteiger partial charge in [0.1, 0.15) is 6.10 Å². The standard InChI is InChI=1S/C29H46O3/c1-20-11-14-25(32-22(3)30)19-24(20)13-12-23-10-8-18-29(6)26(15-16-27(23)29)21(2)9-7-17-28(4,5)31/h12-13,21,25-27,31H,1,7-11,14-19H2,2-6H3/b23-12+,24-13-/t21-,25+,26-,27+,29-/m1/s1. The molecule has 3 heteroatoms. The van der Waals surface area contributed by atoms with E-state index in [1.54, 1.807) is 5.57 Å². The molecule has 1 N–H and O–H groups in total. The Morgan fingerprint density at radius 1 is 1.28 bits per heavy atom. The van der Waals surface area contributed by atoms with Gasteiger partial charge in [-0.2, -0.15) is 0 Å². The van der Waals surface area contributed by atoms with Crippen molar-refractivity contribution in [1.29, 1.82) is 0 Å². The lowest BCUT2D eigenvalue weighted by molar-refractivity contribution is -0.146. The van der Waals surface area contributed by atoms with Crippen molar-refractivity contribution in [2.75, 3.05) is 0 Å². The van der Waals surface area contributed by atoms with Crippen molar-refractivity contribution in [3.8, 4) is 0 Å². The van der Waals surface area contributed by atoms with Gasteiger partial charge in [0.15, 0.2) is 0 Å². The Morgan fingerprint density at radius 3 is 2.72 bits per heavy atom. The molecule has 0 aromatic heterocycles. The second-order valence-corrected chi connectivity index (χ2v) is 11.8. The Labute approximate surface area is 196 Å². The molecule has 0 aromatic carbocycles. The van der Waals surface area contributed by atoms with Crippen LogP contribution < -0.4 is 0 Å². The maximum Gasteiger partial charge on any atom is 0.302 e. The van der Waals surface area contributed by atoms with Gasteiger partial charge in [0, 0.05) is 13.3 Å². The predicted octanol–water partition coefficient (Wildman–Crippen LogP) is 7.30. The molecule has 3 nitrogen and oxygen atoms in total. The highest BCUT2D eigenvalue weighted by molar-refractivity contribution is 5.66. The number of carbonyl (C=O) groups is 1. The maximum atomic E-state index is 11.4. The summed E-state index contributed by atoms with van der Waals surface area (Å²) in [5, 5.41) is 10.1. The molecule has 32 heavy (non-hydrogen) atoms. The molecule has 0 bridgehead atoms. The number of ether oxygens (including phenoxy) is 1. The molecule has 0 spiro atoms. The van der Waals surface area contributed by atoms with Gasteiger partial charge in [0.2, 0.25) is 0 Å². The van der Waals surface area contributed by atoms with Crippen molar-refractivity contribution in [1.82, 2.24) is 0 Å². The molecule has 3 aliphatic rings. The van der Waals surface area contributed by atoms with E-state index in [9.17, 15) is 9.90 Å². The van der Waals surface area contributed by atoms with Gasteiger partial charge in [-0.05, 0) is 94.0 Å². The summed E-state index contributed by atoms with van der Waals surface area (Å²) in [5.74, 6) is 2.00. The summed E-state index contributed by atoms with van der Waals surface area (Å²) in [7, 11) is 0. The van der Waals surface area contributed by atoms with E-state index < -0.39 is 5.60 Å². The van der Waals surface area contributed by atoms with Crippen LogP contribution in [0.15, 0.2) is 35.5 Å². The van der Waals surface area contributed by atoms with E-state index in [4.69, 9.17) is 4.74 Å². The molecule has 0 aliphatic heterocycles. The maximum absolute atomic E-state index is 11.4. The Kier molecular flexibility index (Phi) is 8.12. The highest BCUT2D eigenvalue weighted by Gasteiger charge is 2.50. The first kappa shape index (κ1) is 25.3. The van der Waals surface area contributed by atoms with Crippen LogP contribution in [0.2, 0.25) is 0 Å². The summed E-state index contributed by atoms with van der Waals surface area (Å²) in [5.41, 5.74) is 3.94. The third kappa shape index (κ3) is 6.16. The first-order valence-corrected chi connectivity index (χ1v) is 13.0. The quantitative estimate of drug-likeness (QED) is 0.421. The zero-order chi connectivity index (χ0) is 23.5. The fraction of sp³-hybridized carbons (Fsp3) is 0.759. The molecule has 3 rings (SSSR count). The Morgan fingerprint density at radius 2 is 2.03 bits per heavy atom. The number of hydrogen-bond acceptors (Lipinski definition) is 3. The molecule has 0 heterocycles. The molecule has 0 unspecified atom stereocenters. The fourth-order valence-electron chi connectivity index (χ4n) is 6.99. The Balaban J connectivity index is 1.68. The number of hydrogen-bond donors (Lipinski definition) is 1. The van der Waals surface area contributed by atoms with Gasteiger partial charge in [-0.3, -0.25) is 4.79 Å². The minimum atomic E-state index is -0.548. The van der Waals surface area contributed by atoms with E-state index in [1.807, 2.05) is 13.8 Å². The Hall–Kier alpha value is -1.35. The highest BCUT2D eigenvalue weighted by Crippen LogP contribution is 2.60. The molecule has 3 saturated carbocycles. The minimum absolute atomic E-state index is 0.000111. The van der Waals surface area contributed by atoms with Crippen molar-refractivity contribution in [3.05, 3.63) is 35.5 Å². The van der Waals surface area contributed by atoms with Crippen LogP contribution >= 0.6 is 0 Å². The Bertz CT molecular complexity index is 753. The van der Waals surface area contributed by atoms with Crippen LogP contribution in [0.4, 0.5) is 0 Å². The second kappa shape index (κ2) is 10.3. The normalized spacial score (nSPS) is 34.6. The molecule has 0 radical (unpaired) electrons. The molecule has 0 aromatic rings. The average Bonchev–Trinajstić information content (AvgIpc) is 3.04. The molecular formula is C29H46O3. The van der Waals surface area contributed by atoms with Gasteiger partial charge in [0.05, 0.1) is 5.60 Å². The van der Waals surface area contributed by atoms with Gasteiger partial charge < -0.3 is 9.84 Å². The van der Waals surface area contributed by atoms with Crippen molar-refractivity contribution in [2.45, 2.75) is 117 Å². The predicted molar refractivity (Wildman–Crippen MR) is 132 cm³/mol. The van der Waals surface area contributed by atoms with Gasteiger partial charge in [0.25, 0.3) is 0 Å². The van der Waals surface area contributed by atoms with Gasteiger partial charge in [-0.25, -0.2) is 0 Å². The minimum Gasteiger partial charge on any atom is -0.462 e. The van der Waals surface area contributed by atoms with Crippen molar-refractivity contribution < 1.29 is 14.6 Å². The van der Waals surface area contributed by atoms with Crippen LogP contribution in [-0.4, -0.2) is 22.8 Å². The van der Waals surface area contributed by atoms with Crippen LogP contribution in [-0.2, 0) is 9.53 Å². The van der Waals surface area contributed by atoms with Crippen molar-refractivity contribution >= 4 is 5.97 Å². The smallest absolute Gasteiger partial charge is 0.302 e. The van der Waals surface area contributed by atoms with Crippen LogP contribution in [0.1, 0.15) is 105 Å². The first-order valence-electron chi connectivity index (χ1n) is 13.0. The molecule has 0 amide bonds. The summed E-state index contributed by atoms with van der Waals surface area (Å²) in [4.78, 5) is 11.4. The van der Waals surface area contributed by atoms with Crippen molar-refractivity contribution in [2.24, 2.45) is 23.2 Å². The monoisotopic (exact) mass is 442 g/mol. The molecule has 3 fully saturated rings. The largest absolute Gasteiger partial charge is 0.462 e. The van der Waals surface area contributed by atoms with Gasteiger partial charge in [-0.1, -0.05) is 56.6 Å². The molecular weight excluding hydrogens is 396 g/mol. The lowest BCUT2D eigenvalue weighted by Gasteiger charge is -2.44. The lowest BCUT2D eigenvalue weighted by atomic mass is 9.60. The zero-order valence-electron chi connectivity index (χ0n) is 21.2. The topological polar surface area (TPSA) is 46.5 Å². The molecule has 3 aliphatic carbocycles. The summed E-state index contributed by atoms with van der Waals surface area (Å²) >= 11 is 0. The van der Waals surface area contributed by atoms with E-state index in [1.165, 1.54) is 56.6 Å². The summed E-state index contributed by atoms with van der Waals surface area (Å²) in [6.07, 6.45) is 17.0. The number of fused-ring (bicyclic) bond motifs is 1. The second-order valence-electron chi connectivity index (χ2n) is 11.8. The van der Waals surface area contributed by atoms with Crippen LogP contribution in [0.3, 0.4) is 0 Å². The van der Waals surface area contributed by atoms with Crippen LogP contribution in [0, 0.1) is 23.2 Å². The van der Waals surface area contributed by atoms with Crippen LogP contribution in [0.5, 0.6) is 0 Å². The van der Waals surface area contributed by atoms with E-state index in [0.29, 0.717) is 17.3 Å². The summed E-state index contributed by atoms with van der Waals surface area (Å²) in [6.45, 7) is 14.6. The molecule has 5 atom stereocenters. The van der Waals surface area contributed by atoms with Crippen LogP contribution in [0.25, 0.3) is 0 Å². The third-order valence-corrected chi connectivity index (χ3v) is 8.67. The van der Waals surface area contributed by atoms with Gasteiger partial charge in [-0.15, -0.1) is 0 Å².